The monoisotopic (exact) mass is 245 g/mol. The van der Waals surface area contributed by atoms with Crippen LogP contribution in [-0.2, 0) is 11.3 Å². The SMILES string of the molecule is COCCNCc1cccc(C)c1OC(F)F. The zero-order chi connectivity index (χ0) is 12.7. The molecule has 0 radical (unpaired) electrons. The molecule has 0 aromatic heterocycles. The van der Waals surface area contributed by atoms with Crippen LogP contribution in [0.3, 0.4) is 0 Å². The van der Waals surface area contributed by atoms with Crippen LogP contribution in [0.4, 0.5) is 8.78 Å². The second kappa shape index (κ2) is 7.19. The Labute approximate surface area is 99.7 Å². The van der Waals surface area contributed by atoms with Gasteiger partial charge in [0.05, 0.1) is 6.61 Å². The topological polar surface area (TPSA) is 30.5 Å². The molecule has 0 saturated heterocycles. The van der Waals surface area contributed by atoms with E-state index in [9.17, 15) is 8.78 Å². The fraction of sp³-hybridized carbons (Fsp3) is 0.500. The van der Waals surface area contributed by atoms with Crippen LogP contribution < -0.4 is 10.1 Å². The predicted molar refractivity (Wildman–Crippen MR) is 61.4 cm³/mol. The Morgan fingerprint density at radius 1 is 1.35 bits per heavy atom. The summed E-state index contributed by atoms with van der Waals surface area (Å²) >= 11 is 0. The van der Waals surface area contributed by atoms with Crippen LogP contribution in [0.1, 0.15) is 11.1 Å². The first-order valence-electron chi connectivity index (χ1n) is 5.38. The van der Waals surface area contributed by atoms with Crippen LogP contribution in [0.25, 0.3) is 0 Å². The summed E-state index contributed by atoms with van der Waals surface area (Å²) in [5.41, 5.74) is 1.43. The minimum Gasteiger partial charge on any atom is -0.434 e. The van der Waals surface area contributed by atoms with Crippen molar-refractivity contribution in [3.63, 3.8) is 0 Å². The smallest absolute Gasteiger partial charge is 0.387 e. The highest BCUT2D eigenvalue weighted by atomic mass is 19.3. The second-order valence-corrected chi connectivity index (χ2v) is 3.61. The van der Waals surface area contributed by atoms with Gasteiger partial charge < -0.3 is 14.8 Å². The molecule has 0 saturated carbocycles. The van der Waals surface area contributed by atoms with Gasteiger partial charge in [-0.15, -0.1) is 0 Å². The summed E-state index contributed by atoms with van der Waals surface area (Å²) in [6.45, 7) is 0.674. The van der Waals surface area contributed by atoms with Gasteiger partial charge in [-0.05, 0) is 12.5 Å². The van der Waals surface area contributed by atoms with E-state index in [0.29, 0.717) is 25.3 Å². The van der Waals surface area contributed by atoms with Crippen LogP contribution in [0.2, 0.25) is 0 Å². The fourth-order valence-electron chi connectivity index (χ4n) is 1.51. The summed E-state index contributed by atoms with van der Waals surface area (Å²) in [7, 11) is 1.61. The average molecular weight is 245 g/mol. The number of halogens is 2. The van der Waals surface area contributed by atoms with Gasteiger partial charge in [0.25, 0.3) is 0 Å². The second-order valence-electron chi connectivity index (χ2n) is 3.61. The molecule has 1 N–H and O–H groups in total. The average Bonchev–Trinajstić information content (AvgIpc) is 2.28. The number of para-hydroxylation sites is 1. The van der Waals surface area contributed by atoms with Gasteiger partial charge in [0.2, 0.25) is 0 Å². The van der Waals surface area contributed by atoms with Gasteiger partial charge in [-0.1, -0.05) is 18.2 Å². The van der Waals surface area contributed by atoms with E-state index in [1.165, 1.54) is 0 Å². The number of aryl methyl sites for hydroxylation is 1. The van der Waals surface area contributed by atoms with Gasteiger partial charge >= 0.3 is 6.61 Å². The van der Waals surface area contributed by atoms with Crippen LogP contribution in [-0.4, -0.2) is 26.9 Å². The third kappa shape index (κ3) is 4.66. The molecule has 5 heteroatoms. The Bertz CT molecular complexity index is 345. The zero-order valence-electron chi connectivity index (χ0n) is 10.0. The van der Waals surface area contributed by atoms with Crippen molar-refractivity contribution in [2.24, 2.45) is 0 Å². The largest absolute Gasteiger partial charge is 0.434 e. The van der Waals surface area contributed by atoms with Gasteiger partial charge in [0, 0.05) is 25.8 Å². The van der Waals surface area contributed by atoms with Gasteiger partial charge in [0.15, 0.2) is 0 Å². The van der Waals surface area contributed by atoms with Crippen molar-refractivity contribution in [2.75, 3.05) is 20.3 Å². The number of benzene rings is 1. The highest BCUT2D eigenvalue weighted by molar-refractivity contribution is 5.40. The first kappa shape index (κ1) is 13.9. The van der Waals surface area contributed by atoms with E-state index in [1.807, 2.05) is 6.07 Å². The van der Waals surface area contributed by atoms with Crippen molar-refractivity contribution in [3.05, 3.63) is 29.3 Å². The van der Waals surface area contributed by atoms with Gasteiger partial charge in [0.1, 0.15) is 5.75 Å². The van der Waals surface area contributed by atoms with Crippen molar-refractivity contribution >= 4 is 0 Å². The lowest BCUT2D eigenvalue weighted by Gasteiger charge is -2.13. The number of hydrogen-bond donors (Lipinski definition) is 1. The van der Waals surface area contributed by atoms with E-state index in [2.05, 4.69) is 10.1 Å². The van der Waals surface area contributed by atoms with E-state index in [0.717, 1.165) is 5.56 Å². The molecular formula is C12H17F2NO2. The van der Waals surface area contributed by atoms with Crippen LogP contribution in [0.5, 0.6) is 5.75 Å². The summed E-state index contributed by atoms with van der Waals surface area (Å²) in [4.78, 5) is 0. The molecule has 0 atom stereocenters. The number of nitrogens with one attached hydrogen (secondary N) is 1. The minimum atomic E-state index is -2.80. The Morgan fingerprint density at radius 2 is 2.12 bits per heavy atom. The van der Waals surface area contributed by atoms with Crippen LogP contribution >= 0.6 is 0 Å². The summed E-state index contributed by atoms with van der Waals surface area (Å²) in [5, 5.41) is 3.09. The maximum Gasteiger partial charge on any atom is 0.387 e. The van der Waals surface area contributed by atoms with E-state index in [4.69, 9.17) is 4.74 Å². The Morgan fingerprint density at radius 3 is 2.76 bits per heavy atom. The highest BCUT2D eigenvalue weighted by Gasteiger charge is 2.11. The minimum absolute atomic E-state index is 0.257. The molecule has 3 nitrogen and oxygen atoms in total. The van der Waals surface area contributed by atoms with E-state index < -0.39 is 6.61 Å². The number of hydrogen-bond acceptors (Lipinski definition) is 3. The lowest BCUT2D eigenvalue weighted by molar-refractivity contribution is -0.0509. The molecule has 1 rings (SSSR count). The Hall–Kier alpha value is -1.20. The first-order chi connectivity index (χ1) is 8.15. The molecule has 17 heavy (non-hydrogen) atoms. The number of methoxy groups -OCH3 is 1. The van der Waals surface area contributed by atoms with E-state index in [1.54, 1.807) is 26.2 Å². The summed E-state index contributed by atoms with van der Waals surface area (Å²) < 4.78 is 33.9. The molecule has 0 aliphatic heterocycles. The molecule has 0 spiro atoms. The molecule has 0 fully saturated rings. The maximum atomic E-state index is 12.3. The fourth-order valence-corrected chi connectivity index (χ4v) is 1.51. The van der Waals surface area contributed by atoms with Crippen molar-refractivity contribution in [2.45, 2.75) is 20.1 Å². The number of alkyl halides is 2. The van der Waals surface area contributed by atoms with Crippen LogP contribution in [0.15, 0.2) is 18.2 Å². The summed E-state index contributed by atoms with van der Waals surface area (Å²) in [6, 6.07) is 5.34. The normalized spacial score (nSPS) is 10.9. The standard InChI is InChI=1S/C12H17F2NO2/c1-9-4-3-5-10(8-15-6-7-16-2)11(9)17-12(13)14/h3-5,12,15H,6-8H2,1-2H3. The molecule has 96 valence electrons. The molecule has 1 aromatic rings. The van der Waals surface area contributed by atoms with Gasteiger partial charge in [-0.25, -0.2) is 0 Å². The highest BCUT2D eigenvalue weighted by Crippen LogP contribution is 2.25. The lowest BCUT2D eigenvalue weighted by atomic mass is 10.1. The molecular weight excluding hydrogens is 228 g/mol. The van der Waals surface area contributed by atoms with Crippen LogP contribution in [0, 0.1) is 6.92 Å². The molecule has 0 bridgehead atoms. The molecule has 0 heterocycles. The zero-order valence-corrected chi connectivity index (χ0v) is 10.0. The summed E-state index contributed by atoms with van der Waals surface area (Å²) in [6.07, 6.45) is 0. The van der Waals surface area contributed by atoms with Gasteiger partial charge in [-0.2, -0.15) is 8.78 Å². The van der Waals surface area contributed by atoms with Crippen molar-refractivity contribution < 1.29 is 18.3 Å². The van der Waals surface area contributed by atoms with E-state index >= 15 is 0 Å². The van der Waals surface area contributed by atoms with Crippen molar-refractivity contribution in [1.82, 2.24) is 5.32 Å². The van der Waals surface area contributed by atoms with E-state index in [-0.39, 0.29) is 5.75 Å². The van der Waals surface area contributed by atoms with Crippen molar-refractivity contribution in [3.8, 4) is 5.75 Å². The molecule has 0 unspecified atom stereocenters. The molecule has 0 aliphatic rings. The first-order valence-corrected chi connectivity index (χ1v) is 5.38. The quantitative estimate of drug-likeness (QED) is 0.748. The summed E-state index contributed by atoms with van der Waals surface area (Å²) in [5.74, 6) is 0.257. The predicted octanol–water partition coefficient (Wildman–Crippen LogP) is 2.33. The number of rotatable bonds is 7. The third-order valence-electron chi connectivity index (χ3n) is 2.30. The lowest BCUT2D eigenvalue weighted by Crippen LogP contribution is -2.19. The molecule has 0 aliphatic carbocycles. The molecule has 1 aromatic carbocycles. The Kier molecular flexibility index (Phi) is 5.86. The number of ether oxygens (including phenoxy) is 2. The van der Waals surface area contributed by atoms with Gasteiger partial charge in [-0.3, -0.25) is 0 Å². The third-order valence-corrected chi connectivity index (χ3v) is 2.30. The molecule has 0 amide bonds. The van der Waals surface area contributed by atoms with Crippen molar-refractivity contribution in [1.29, 1.82) is 0 Å². The Balaban J connectivity index is 2.66. The maximum absolute atomic E-state index is 12.3.